The van der Waals surface area contributed by atoms with E-state index in [0.717, 1.165) is 27.8 Å². The number of nitrogens with one attached hydrogen (secondary N) is 1. The topological polar surface area (TPSA) is 42.7 Å². The maximum Gasteiger partial charge on any atom is 0.226 e. The van der Waals surface area contributed by atoms with Gasteiger partial charge in [-0.2, -0.15) is 10.1 Å². The van der Waals surface area contributed by atoms with Gasteiger partial charge < -0.3 is 5.32 Å². The number of fused-ring (bicyclic) bond motifs is 1. The van der Waals surface area contributed by atoms with Crippen molar-refractivity contribution in [3.8, 4) is 0 Å². The van der Waals surface area contributed by atoms with Crippen molar-refractivity contribution in [2.24, 2.45) is 0 Å². The lowest BCUT2D eigenvalue weighted by Gasteiger charge is -2.24. The van der Waals surface area contributed by atoms with E-state index in [4.69, 9.17) is 11.6 Å². The number of allylic oxidation sites excluding steroid dienone is 1. The van der Waals surface area contributed by atoms with Crippen LogP contribution >= 0.6 is 34.2 Å². The molecule has 23 heavy (non-hydrogen) atoms. The standard InChI is InChI=1S/C17H12ClIN4/c18-13-5-1-12(2-6-13)16-9-15(11-3-7-14(19)8-4-11)22-17-20-10-21-23(16)17/h1-10,16H,(H,20,21,22)/t16-/m1/s1. The molecule has 0 saturated heterocycles. The van der Waals surface area contributed by atoms with Crippen LogP contribution in [0, 0.1) is 3.57 Å². The first-order valence-electron chi connectivity index (χ1n) is 7.10. The first kappa shape index (κ1) is 14.7. The molecule has 1 aliphatic heterocycles. The molecule has 0 saturated carbocycles. The second kappa shape index (κ2) is 5.98. The van der Waals surface area contributed by atoms with E-state index in [1.165, 1.54) is 3.57 Å². The zero-order valence-electron chi connectivity index (χ0n) is 11.9. The lowest BCUT2D eigenvalue weighted by atomic mass is 10.0. The van der Waals surface area contributed by atoms with Gasteiger partial charge in [0.2, 0.25) is 5.95 Å². The molecule has 1 N–H and O–H groups in total. The fraction of sp³-hybridized carbons (Fsp3) is 0.0588. The third-order valence-corrected chi connectivity index (χ3v) is 4.75. The zero-order valence-corrected chi connectivity index (χ0v) is 14.9. The van der Waals surface area contributed by atoms with Crippen molar-refractivity contribution in [3.05, 3.63) is 80.7 Å². The highest BCUT2D eigenvalue weighted by Crippen LogP contribution is 2.32. The van der Waals surface area contributed by atoms with Crippen molar-refractivity contribution in [1.82, 2.24) is 14.8 Å². The fourth-order valence-corrected chi connectivity index (χ4v) is 3.11. The van der Waals surface area contributed by atoms with Crippen molar-refractivity contribution in [3.63, 3.8) is 0 Å². The summed E-state index contributed by atoms with van der Waals surface area (Å²) in [5.74, 6) is 0.737. The van der Waals surface area contributed by atoms with Crippen molar-refractivity contribution in [1.29, 1.82) is 0 Å². The SMILES string of the molecule is Clc1ccc([C@H]2C=C(c3ccc(I)cc3)Nc3ncnn32)cc1. The van der Waals surface area contributed by atoms with Gasteiger partial charge in [-0.1, -0.05) is 35.9 Å². The van der Waals surface area contributed by atoms with Gasteiger partial charge in [0, 0.05) is 14.3 Å². The van der Waals surface area contributed by atoms with Crippen molar-refractivity contribution < 1.29 is 0 Å². The molecule has 0 amide bonds. The Morgan fingerprint density at radius 2 is 1.78 bits per heavy atom. The zero-order chi connectivity index (χ0) is 15.8. The van der Waals surface area contributed by atoms with E-state index in [1.54, 1.807) is 6.33 Å². The Kier molecular flexibility index (Phi) is 3.82. The lowest BCUT2D eigenvalue weighted by molar-refractivity contribution is 0.612. The van der Waals surface area contributed by atoms with E-state index in [9.17, 15) is 0 Å². The number of nitrogens with zero attached hydrogens (tertiary/aromatic N) is 3. The highest BCUT2D eigenvalue weighted by molar-refractivity contribution is 14.1. The Bertz CT molecular complexity index is 868. The number of anilines is 1. The molecule has 0 unspecified atom stereocenters. The molecule has 0 bridgehead atoms. The third-order valence-electron chi connectivity index (χ3n) is 3.77. The van der Waals surface area contributed by atoms with Gasteiger partial charge in [0.15, 0.2) is 0 Å². The molecule has 2 heterocycles. The summed E-state index contributed by atoms with van der Waals surface area (Å²) in [5, 5.41) is 8.41. The molecular weight excluding hydrogens is 423 g/mol. The molecular formula is C17H12ClIN4. The minimum absolute atomic E-state index is 0.0136. The lowest BCUT2D eigenvalue weighted by Crippen LogP contribution is -2.20. The number of benzene rings is 2. The van der Waals surface area contributed by atoms with Gasteiger partial charge in [0.25, 0.3) is 0 Å². The number of rotatable bonds is 2. The minimum atomic E-state index is -0.0136. The van der Waals surface area contributed by atoms with Crippen LogP contribution in [-0.2, 0) is 0 Å². The van der Waals surface area contributed by atoms with E-state index in [2.05, 4.69) is 68.3 Å². The molecule has 4 nitrogen and oxygen atoms in total. The second-order valence-electron chi connectivity index (χ2n) is 5.24. The largest absolute Gasteiger partial charge is 0.324 e. The molecule has 0 aliphatic carbocycles. The molecule has 1 aromatic heterocycles. The number of hydrogen-bond donors (Lipinski definition) is 1. The fourth-order valence-electron chi connectivity index (χ4n) is 2.63. The Morgan fingerprint density at radius 1 is 1.04 bits per heavy atom. The predicted octanol–water partition coefficient (Wildman–Crippen LogP) is 4.59. The molecule has 1 aliphatic rings. The molecule has 1 atom stereocenters. The number of aromatic nitrogens is 3. The monoisotopic (exact) mass is 434 g/mol. The summed E-state index contributed by atoms with van der Waals surface area (Å²) in [6.07, 6.45) is 3.73. The molecule has 0 radical (unpaired) electrons. The van der Waals surface area contributed by atoms with Crippen LogP contribution in [0.3, 0.4) is 0 Å². The third kappa shape index (κ3) is 2.86. The molecule has 0 fully saturated rings. The van der Waals surface area contributed by atoms with Crippen LogP contribution in [-0.4, -0.2) is 14.8 Å². The number of hydrogen-bond acceptors (Lipinski definition) is 3. The molecule has 4 rings (SSSR count). The van der Waals surface area contributed by atoms with E-state index >= 15 is 0 Å². The average molecular weight is 435 g/mol. The Hall–Kier alpha value is -1.86. The average Bonchev–Trinajstić information content (AvgIpc) is 3.04. The Morgan fingerprint density at radius 3 is 2.52 bits per heavy atom. The van der Waals surface area contributed by atoms with E-state index in [-0.39, 0.29) is 6.04 Å². The molecule has 3 aromatic rings. The minimum Gasteiger partial charge on any atom is -0.324 e. The van der Waals surface area contributed by atoms with Crippen LogP contribution in [0.1, 0.15) is 17.2 Å². The summed E-state index contributed by atoms with van der Waals surface area (Å²) in [7, 11) is 0. The summed E-state index contributed by atoms with van der Waals surface area (Å²) in [6, 6.07) is 16.2. The summed E-state index contributed by atoms with van der Waals surface area (Å²) < 4.78 is 3.08. The van der Waals surface area contributed by atoms with Crippen LogP contribution < -0.4 is 5.32 Å². The van der Waals surface area contributed by atoms with Crippen LogP contribution in [0.5, 0.6) is 0 Å². The van der Waals surface area contributed by atoms with Crippen LogP contribution in [0.4, 0.5) is 5.95 Å². The summed E-state index contributed by atoms with van der Waals surface area (Å²) in [6.45, 7) is 0. The Balaban J connectivity index is 1.79. The van der Waals surface area contributed by atoms with E-state index < -0.39 is 0 Å². The van der Waals surface area contributed by atoms with E-state index in [0.29, 0.717) is 0 Å². The summed E-state index contributed by atoms with van der Waals surface area (Å²) >= 11 is 8.31. The first-order valence-corrected chi connectivity index (χ1v) is 8.56. The van der Waals surface area contributed by atoms with Gasteiger partial charge in [-0.15, -0.1) is 0 Å². The highest BCUT2D eigenvalue weighted by Gasteiger charge is 2.23. The van der Waals surface area contributed by atoms with Gasteiger partial charge in [-0.25, -0.2) is 4.68 Å². The maximum atomic E-state index is 6.01. The summed E-state index contributed by atoms with van der Waals surface area (Å²) in [5.41, 5.74) is 3.27. The molecule has 6 heteroatoms. The van der Waals surface area contributed by atoms with E-state index in [1.807, 2.05) is 28.9 Å². The maximum absolute atomic E-state index is 6.01. The van der Waals surface area contributed by atoms with Gasteiger partial charge in [-0.05, 0) is 64.1 Å². The predicted molar refractivity (Wildman–Crippen MR) is 100 cm³/mol. The first-order chi connectivity index (χ1) is 11.2. The number of halogens is 2. The quantitative estimate of drug-likeness (QED) is 0.600. The van der Waals surface area contributed by atoms with Gasteiger partial charge in [-0.3, -0.25) is 0 Å². The highest BCUT2D eigenvalue weighted by atomic mass is 127. The molecule has 2 aromatic carbocycles. The van der Waals surface area contributed by atoms with Crippen LogP contribution in [0.2, 0.25) is 5.02 Å². The van der Waals surface area contributed by atoms with Gasteiger partial charge >= 0.3 is 0 Å². The van der Waals surface area contributed by atoms with Gasteiger partial charge in [0.05, 0.1) is 0 Å². The van der Waals surface area contributed by atoms with Crippen molar-refractivity contribution in [2.45, 2.75) is 6.04 Å². The molecule has 114 valence electrons. The van der Waals surface area contributed by atoms with Crippen molar-refractivity contribution >= 4 is 45.8 Å². The summed E-state index contributed by atoms with van der Waals surface area (Å²) in [4.78, 5) is 4.32. The smallest absolute Gasteiger partial charge is 0.226 e. The van der Waals surface area contributed by atoms with Crippen LogP contribution in [0.25, 0.3) is 5.70 Å². The normalized spacial score (nSPS) is 16.4. The van der Waals surface area contributed by atoms with Crippen molar-refractivity contribution in [2.75, 3.05) is 5.32 Å². The second-order valence-corrected chi connectivity index (χ2v) is 6.92. The van der Waals surface area contributed by atoms with Gasteiger partial charge in [0.1, 0.15) is 12.4 Å². The van der Waals surface area contributed by atoms with Crippen LogP contribution in [0.15, 0.2) is 60.9 Å². The molecule has 0 spiro atoms. The Labute approximate surface area is 152 Å².